The molecule has 154 valence electrons. The molecule has 0 aliphatic carbocycles. The van der Waals surface area contributed by atoms with Gasteiger partial charge in [0.25, 0.3) is 0 Å². The predicted octanol–water partition coefficient (Wildman–Crippen LogP) is 6.67. The van der Waals surface area contributed by atoms with E-state index in [1.54, 1.807) is 24.3 Å². The summed E-state index contributed by atoms with van der Waals surface area (Å²) in [5, 5.41) is 11.7. The van der Waals surface area contributed by atoms with E-state index in [0.717, 1.165) is 24.9 Å². The topological polar surface area (TPSA) is 49.3 Å². The van der Waals surface area contributed by atoms with Crippen molar-refractivity contribution in [3.63, 3.8) is 0 Å². The van der Waals surface area contributed by atoms with E-state index in [1.165, 1.54) is 32.1 Å². The van der Waals surface area contributed by atoms with E-state index in [4.69, 9.17) is 5.11 Å². The summed E-state index contributed by atoms with van der Waals surface area (Å²) in [6.07, 6.45) is 9.79. The molecule has 0 radical (unpaired) electrons. The molecule has 0 amide bonds. The van der Waals surface area contributed by atoms with E-state index in [1.807, 2.05) is 0 Å². The number of halogens is 2. The van der Waals surface area contributed by atoms with Gasteiger partial charge in [-0.05, 0) is 24.1 Å². The fourth-order valence-corrected chi connectivity index (χ4v) is 3.12. The zero-order valence-corrected chi connectivity index (χ0v) is 16.6. The summed E-state index contributed by atoms with van der Waals surface area (Å²) in [5.74, 6) is -3.51. The molecule has 1 aromatic carbocycles. The van der Waals surface area contributed by atoms with Crippen LogP contribution >= 0.6 is 0 Å². The first-order valence-corrected chi connectivity index (χ1v) is 10.4. The molecule has 2 N–H and O–H groups in total. The smallest absolute Gasteiger partial charge is 0.307 e. The lowest BCUT2D eigenvalue weighted by molar-refractivity contribution is -0.136. The molecule has 0 aromatic heterocycles. The second kappa shape index (κ2) is 13.5. The third-order valence-electron chi connectivity index (χ3n) is 4.78. The highest BCUT2D eigenvalue weighted by Gasteiger charge is 2.27. The fraction of sp³-hybridized carbons (Fsp3) is 0.682. The van der Waals surface area contributed by atoms with Crippen LogP contribution in [-0.2, 0) is 11.2 Å². The van der Waals surface area contributed by atoms with Crippen molar-refractivity contribution in [3.05, 3.63) is 29.8 Å². The maximum Gasteiger partial charge on any atom is 0.307 e. The number of aliphatic carboxylic acids is 1. The highest BCUT2D eigenvalue weighted by Crippen LogP contribution is 2.26. The lowest BCUT2D eigenvalue weighted by atomic mass is 10.0. The number of nitrogens with one attached hydrogen (secondary N) is 1. The zero-order valence-electron chi connectivity index (χ0n) is 16.6. The van der Waals surface area contributed by atoms with E-state index in [9.17, 15) is 13.6 Å². The van der Waals surface area contributed by atoms with Crippen LogP contribution in [0.2, 0.25) is 0 Å². The van der Waals surface area contributed by atoms with Gasteiger partial charge in [-0.15, -0.1) is 0 Å². The Bertz CT molecular complexity index is 518. The maximum absolute atomic E-state index is 13.9. The largest absolute Gasteiger partial charge is 0.481 e. The van der Waals surface area contributed by atoms with E-state index in [2.05, 4.69) is 12.2 Å². The minimum Gasteiger partial charge on any atom is -0.481 e. The molecule has 0 saturated heterocycles. The van der Waals surface area contributed by atoms with Crippen LogP contribution in [0.3, 0.4) is 0 Å². The summed E-state index contributed by atoms with van der Waals surface area (Å²) in [6.45, 7) is 2.41. The van der Waals surface area contributed by atoms with Gasteiger partial charge >= 0.3 is 5.97 Å². The molecule has 5 heteroatoms. The molecule has 3 nitrogen and oxygen atoms in total. The van der Waals surface area contributed by atoms with E-state index < -0.39 is 11.9 Å². The number of unbranched alkanes of at least 4 members (excludes halogenated alkanes) is 8. The number of benzene rings is 1. The fourth-order valence-electron chi connectivity index (χ4n) is 3.12. The molecule has 0 fully saturated rings. The van der Waals surface area contributed by atoms with Gasteiger partial charge in [0.05, 0.1) is 6.42 Å². The second-order valence-electron chi connectivity index (χ2n) is 7.38. The molecular weight excluding hydrogens is 348 g/mol. The molecule has 0 unspecified atom stereocenters. The summed E-state index contributed by atoms with van der Waals surface area (Å²) in [7, 11) is 0. The number of carboxylic acid groups (broad SMARTS) is 1. The summed E-state index contributed by atoms with van der Waals surface area (Å²) in [5.41, 5.74) is 1.44. The van der Waals surface area contributed by atoms with Crippen molar-refractivity contribution >= 4 is 11.7 Å². The van der Waals surface area contributed by atoms with E-state index in [0.29, 0.717) is 12.0 Å². The lowest BCUT2D eigenvalue weighted by Crippen LogP contribution is -2.20. The van der Waals surface area contributed by atoms with Crippen LogP contribution in [0, 0.1) is 0 Å². The highest BCUT2D eigenvalue weighted by atomic mass is 19.3. The van der Waals surface area contributed by atoms with Gasteiger partial charge in [-0.1, -0.05) is 70.4 Å². The quantitative estimate of drug-likeness (QED) is 0.313. The number of hydrogen-bond donors (Lipinski definition) is 2. The maximum atomic E-state index is 13.9. The van der Waals surface area contributed by atoms with E-state index in [-0.39, 0.29) is 25.8 Å². The number of rotatable bonds is 16. The van der Waals surface area contributed by atoms with Crippen LogP contribution < -0.4 is 5.32 Å². The van der Waals surface area contributed by atoms with Gasteiger partial charge in [-0.3, -0.25) is 4.79 Å². The van der Waals surface area contributed by atoms with Gasteiger partial charge in [0.15, 0.2) is 0 Å². The molecule has 0 aliphatic rings. The van der Waals surface area contributed by atoms with Gasteiger partial charge in [-0.25, -0.2) is 8.78 Å². The van der Waals surface area contributed by atoms with Crippen molar-refractivity contribution in [2.75, 3.05) is 11.9 Å². The lowest BCUT2D eigenvalue weighted by Gasteiger charge is -2.17. The Kier molecular flexibility index (Phi) is 11.7. The molecule has 1 rings (SSSR count). The molecule has 27 heavy (non-hydrogen) atoms. The standard InChI is InChI=1S/C22H35F2NO2/c1-2-3-4-5-6-7-8-9-10-15-22(23,24)16-17-25-20-13-11-19(12-14-20)18-21(26)27/h11-14,25H,2-10,15-18H2,1H3,(H,26,27). The van der Waals surface area contributed by atoms with Crippen molar-refractivity contribution in [1.82, 2.24) is 0 Å². The third-order valence-corrected chi connectivity index (χ3v) is 4.78. The van der Waals surface area contributed by atoms with Crippen LogP contribution in [0.4, 0.5) is 14.5 Å². The normalized spacial score (nSPS) is 11.5. The number of anilines is 1. The minimum atomic E-state index is -2.63. The molecule has 0 saturated carbocycles. The van der Waals surface area contributed by atoms with Crippen molar-refractivity contribution in [2.45, 2.75) is 89.9 Å². The number of hydrogen-bond acceptors (Lipinski definition) is 2. The first kappa shape index (κ1) is 23.4. The van der Waals surface area contributed by atoms with Gasteiger partial charge < -0.3 is 10.4 Å². The Morgan fingerprint density at radius 3 is 2.04 bits per heavy atom. The Labute approximate surface area is 162 Å². The summed E-state index contributed by atoms with van der Waals surface area (Å²) >= 11 is 0. The summed E-state index contributed by atoms with van der Waals surface area (Å²) in [4.78, 5) is 10.6. The second-order valence-corrected chi connectivity index (χ2v) is 7.38. The number of carbonyl (C=O) groups is 1. The summed E-state index contributed by atoms with van der Waals surface area (Å²) < 4.78 is 27.9. The number of carboxylic acids is 1. The highest BCUT2D eigenvalue weighted by molar-refractivity contribution is 5.70. The first-order chi connectivity index (χ1) is 12.9. The molecule has 0 atom stereocenters. The van der Waals surface area contributed by atoms with Crippen LogP contribution in [-0.4, -0.2) is 23.5 Å². The monoisotopic (exact) mass is 383 g/mol. The van der Waals surface area contributed by atoms with Crippen molar-refractivity contribution in [3.8, 4) is 0 Å². The van der Waals surface area contributed by atoms with Crippen LogP contribution in [0.15, 0.2) is 24.3 Å². The molecule has 0 bridgehead atoms. The minimum absolute atomic E-state index is 0.0307. The first-order valence-electron chi connectivity index (χ1n) is 10.4. The van der Waals surface area contributed by atoms with Crippen LogP contribution in [0.5, 0.6) is 0 Å². The molecule has 0 aliphatic heterocycles. The Morgan fingerprint density at radius 1 is 0.926 bits per heavy atom. The van der Waals surface area contributed by atoms with Crippen molar-refractivity contribution < 1.29 is 18.7 Å². The van der Waals surface area contributed by atoms with Gasteiger partial charge in [0.1, 0.15) is 0 Å². The zero-order chi connectivity index (χ0) is 20.0. The van der Waals surface area contributed by atoms with E-state index >= 15 is 0 Å². The predicted molar refractivity (Wildman–Crippen MR) is 108 cm³/mol. The Morgan fingerprint density at radius 2 is 1.48 bits per heavy atom. The molecular formula is C22H35F2NO2. The average molecular weight is 384 g/mol. The number of alkyl halides is 2. The van der Waals surface area contributed by atoms with Gasteiger partial charge in [0.2, 0.25) is 5.92 Å². The Hall–Kier alpha value is -1.65. The molecule has 0 spiro atoms. The third kappa shape index (κ3) is 12.4. The van der Waals surface area contributed by atoms with Gasteiger partial charge in [0, 0.05) is 25.1 Å². The summed E-state index contributed by atoms with van der Waals surface area (Å²) in [6, 6.07) is 6.88. The van der Waals surface area contributed by atoms with Crippen LogP contribution in [0.25, 0.3) is 0 Å². The SMILES string of the molecule is CCCCCCCCCCCC(F)(F)CCNc1ccc(CC(=O)O)cc1. The average Bonchev–Trinajstić information content (AvgIpc) is 2.61. The van der Waals surface area contributed by atoms with Gasteiger partial charge in [-0.2, -0.15) is 0 Å². The van der Waals surface area contributed by atoms with Crippen LogP contribution in [0.1, 0.15) is 83.1 Å². The van der Waals surface area contributed by atoms with Crippen molar-refractivity contribution in [2.24, 2.45) is 0 Å². The molecule has 0 heterocycles. The van der Waals surface area contributed by atoms with Crippen molar-refractivity contribution in [1.29, 1.82) is 0 Å². The Balaban J connectivity index is 2.10. The molecule has 1 aromatic rings.